The van der Waals surface area contributed by atoms with E-state index in [-0.39, 0.29) is 25.6 Å². The van der Waals surface area contributed by atoms with E-state index < -0.39 is 80.7 Å². The summed E-state index contributed by atoms with van der Waals surface area (Å²) >= 11 is 0. The fourth-order valence-electron chi connectivity index (χ4n) is 8.63. The van der Waals surface area contributed by atoms with Crippen molar-refractivity contribution in [3.8, 4) is 0 Å². The topological polar surface area (TPSA) is 214 Å². The molecular formula is C52H98O14. The number of hydrogen-bond donors (Lipinski definition) is 7. The Morgan fingerprint density at radius 1 is 0.485 bits per heavy atom. The fraction of sp³-hybridized carbons (Fsp3) is 0.942. The number of allylic oxidation sites excluding steroid dienone is 2. The average molecular weight is 947 g/mol. The van der Waals surface area contributed by atoms with Crippen molar-refractivity contribution < 1.29 is 69.0 Å². The second-order valence-electron chi connectivity index (χ2n) is 19.1. The van der Waals surface area contributed by atoms with Gasteiger partial charge in [-0.05, 0) is 38.5 Å². The molecule has 0 aromatic carbocycles. The minimum atomic E-state index is -1.70. The summed E-state index contributed by atoms with van der Waals surface area (Å²) in [5, 5.41) is 72.1. The molecule has 0 spiro atoms. The number of hydrogen-bond acceptors (Lipinski definition) is 14. The minimum Gasteiger partial charge on any atom is -0.457 e. The van der Waals surface area contributed by atoms with Crippen LogP contribution in [0.3, 0.4) is 0 Å². The van der Waals surface area contributed by atoms with Crippen molar-refractivity contribution in [3.05, 3.63) is 12.2 Å². The predicted molar refractivity (Wildman–Crippen MR) is 257 cm³/mol. The molecule has 11 unspecified atom stereocenters. The normalized spacial score (nSPS) is 26.3. The third kappa shape index (κ3) is 27.8. The molecule has 2 saturated heterocycles. The Bertz CT molecular complexity index is 1140. The largest absolute Gasteiger partial charge is 0.457 e. The van der Waals surface area contributed by atoms with Crippen molar-refractivity contribution in [1.82, 2.24) is 0 Å². The summed E-state index contributed by atoms with van der Waals surface area (Å²) in [6.07, 6.45) is 25.6. The van der Waals surface area contributed by atoms with E-state index in [1.54, 1.807) is 0 Å². The van der Waals surface area contributed by atoms with Gasteiger partial charge in [-0.25, -0.2) is 0 Å². The van der Waals surface area contributed by atoms with Crippen LogP contribution in [0.15, 0.2) is 12.2 Å². The van der Waals surface area contributed by atoms with Crippen LogP contribution in [0.4, 0.5) is 0 Å². The van der Waals surface area contributed by atoms with E-state index in [2.05, 4.69) is 26.0 Å². The SMILES string of the molecule is CCCCC/C=C\CCCCCCCCOCC(COC1OC(COC2OC(CO)C(O)C(O)C2O)C(O)C(O)C1O)OC(=O)CCCCCCCCCCCCCCCCCCCCC. The summed E-state index contributed by atoms with van der Waals surface area (Å²) in [4.78, 5) is 13.0. The number of ether oxygens (including phenoxy) is 6. The number of carbonyl (C=O) groups is 1. The Hall–Kier alpha value is -1.27. The molecular weight excluding hydrogens is 849 g/mol. The number of aliphatic hydroxyl groups is 7. The molecule has 2 fully saturated rings. The first kappa shape index (κ1) is 60.9. The van der Waals surface area contributed by atoms with Crippen LogP contribution in [0.25, 0.3) is 0 Å². The van der Waals surface area contributed by atoms with Gasteiger partial charge in [0.1, 0.15) is 54.9 Å². The molecule has 0 radical (unpaired) electrons. The van der Waals surface area contributed by atoms with Crippen LogP contribution in [-0.2, 0) is 33.2 Å². The second kappa shape index (κ2) is 40.5. The first-order valence-corrected chi connectivity index (χ1v) is 26.8. The molecule has 14 nitrogen and oxygen atoms in total. The third-order valence-electron chi connectivity index (χ3n) is 13.0. The van der Waals surface area contributed by atoms with Crippen molar-refractivity contribution >= 4 is 5.97 Å². The highest BCUT2D eigenvalue weighted by Gasteiger charge is 2.47. The van der Waals surface area contributed by atoms with Crippen molar-refractivity contribution in [2.75, 3.05) is 33.0 Å². The highest BCUT2D eigenvalue weighted by atomic mass is 16.7. The number of esters is 1. The van der Waals surface area contributed by atoms with Crippen LogP contribution in [0.1, 0.15) is 213 Å². The minimum absolute atomic E-state index is 0.0627. The Morgan fingerprint density at radius 3 is 1.41 bits per heavy atom. The van der Waals surface area contributed by atoms with Gasteiger partial charge in [0, 0.05) is 13.0 Å². The monoisotopic (exact) mass is 947 g/mol. The molecule has 0 amide bonds. The molecule has 0 aliphatic carbocycles. The highest BCUT2D eigenvalue weighted by Crippen LogP contribution is 2.26. The lowest BCUT2D eigenvalue weighted by Crippen LogP contribution is -2.61. The number of unbranched alkanes of at least 4 members (excludes halogenated alkanes) is 27. The molecule has 14 heteroatoms. The van der Waals surface area contributed by atoms with E-state index in [4.69, 9.17) is 28.4 Å². The molecule has 2 aliphatic heterocycles. The van der Waals surface area contributed by atoms with Crippen molar-refractivity contribution in [2.24, 2.45) is 0 Å². The fourth-order valence-corrected chi connectivity index (χ4v) is 8.63. The molecule has 0 aromatic heterocycles. The number of aliphatic hydroxyl groups excluding tert-OH is 7. The van der Waals surface area contributed by atoms with Gasteiger partial charge in [-0.15, -0.1) is 0 Å². The lowest BCUT2D eigenvalue weighted by molar-refractivity contribution is -0.332. The van der Waals surface area contributed by atoms with Gasteiger partial charge in [0.2, 0.25) is 0 Å². The van der Waals surface area contributed by atoms with Gasteiger partial charge >= 0.3 is 5.97 Å². The van der Waals surface area contributed by atoms with Gasteiger partial charge in [-0.3, -0.25) is 4.79 Å². The molecule has 0 aromatic rings. The molecule has 66 heavy (non-hydrogen) atoms. The molecule has 2 rings (SSSR count). The predicted octanol–water partition coefficient (Wildman–Crippen LogP) is 8.24. The summed E-state index contributed by atoms with van der Waals surface area (Å²) < 4.78 is 34.3. The van der Waals surface area contributed by atoms with Crippen LogP contribution in [0.2, 0.25) is 0 Å². The van der Waals surface area contributed by atoms with Gasteiger partial charge in [-0.1, -0.05) is 180 Å². The van der Waals surface area contributed by atoms with Gasteiger partial charge in [0.05, 0.1) is 26.4 Å². The Kier molecular flexibility index (Phi) is 37.3. The summed E-state index contributed by atoms with van der Waals surface area (Å²) in [6, 6.07) is 0. The Labute approximate surface area is 399 Å². The van der Waals surface area contributed by atoms with Gasteiger partial charge in [-0.2, -0.15) is 0 Å². The lowest BCUT2D eigenvalue weighted by atomic mass is 9.98. The quantitative estimate of drug-likeness (QED) is 0.0174. The first-order chi connectivity index (χ1) is 32.1. The van der Waals surface area contributed by atoms with E-state index in [1.165, 1.54) is 141 Å². The van der Waals surface area contributed by atoms with E-state index >= 15 is 0 Å². The molecule has 11 atom stereocenters. The first-order valence-electron chi connectivity index (χ1n) is 26.8. The molecule has 390 valence electrons. The number of rotatable bonds is 43. The maximum Gasteiger partial charge on any atom is 0.306 e. The van der Waals surface area contributed by atoms with Crippen molar-refractivity contribution in [2.45, 2.75) is 280 Å². The second-order valence-corrected chi connectivity index (χ2v) is 19.1. The highest BCUT2D eigenvalue weighted by molar-refractivity contribution is 5.69. The van der Waals surface area contributed by atoms with Crippen LogP contribution < -0.4 is 0 Å². The average Bonchev–Trinajstić information content (AvgIpc) is 3.31. The zero-order chi connectivity index (χ0) is 48.0. The van der Waals surface area contributed by atoms with Crippen molar-refractivity contribution in [3.63, 3.8) is 0 Å². The Morgan fingerprint density at radius 2 is 0.894 bits per heavy atom. The standard InChI is InChI=1S/C52H98O14/c1-3-5-7-9-11-13-15-17-18-19-20-21-22-23-25-27-29-31-33-35-44(54)64-41(38-61-36-34-32-30-28-26-24-16-14-12-10-8-6-4-2)39-62-51-50(60)48(58)46(56)43(66-51)40-63-52-49(59)47(57)45(55)42(37-53)65-52/h12,14,41-43,45-53,55-60H,3-11,13,15-40H2,1-2H3/b14-12-. The van der Waals surface area contributed by atoms with E-state index in [1.807, 2.05) is 0 Å². The van der Waals surface area contributed by atoms with Crippen LogP contribution in [-0.4, -0.2) is 142 Å². The van der Waals surface area contributed by atoms with Gasteiger partial charge in [0.25, 0.3) is 0 Å². The van der Waals surface area contributed by atoms with E-state index in [0.717, 1.165) is 44.9 Å². The molecule has 2 aliphatic rings. The molecule has 0 bridgehead atoms. The van der Waals surface area contributed by atoms with Crippen LogP contribution >= 0.6 is 0 Å². The molecule has 2 heterocycles. The van der Waals surface area contributed by atoms with Gasteiger partial charge in [0.15, 0.2) is 12.6 Å². The summed E-state index contributed by atoms with van der Waals surface area (Å²) in [6.45, 7) is 3.69. The summed E-state index contributed by atoms with van der Waals surface area (Å²) in [7, 11) is 0. The van der Waals surface area contributed by atoms with Crippen molar-refractivity contribution in [1.29, 1.82) is 0 Å². The number of carbonyl (C=O) groups excluding carboxylic acids is 1. The van der Waals surface area contributed by atoms with E-state index in [0.29, 0.717) is 13.0 Å². The zero-order valence-electron chi connectivity index (χ0n) is 41.4. The van der Waals surface area contributed by atoms with Gasteiger partial charge < -0.3 is 64.2 Å². The maximum atomic E-state index is 13.0. The zero-order valence-corrected chi connectivity index (χ0v) is 41.4. The van der Waals surface area contributed by atoms with Crippen LogP contribution in [0, 0.1) is 0 Å². The molecule has 0 saturated carbocycles. The maximum absolute atomic E-state index is 13.0. The molecule has 7 N–H and O–H groups in total. The third-order valence-corrected chi connectivity index (χ3v) is 13.0. The Balaban J connectivity index is 1.74. The van der Waals surface area contributed by atoms with Crippen LogP contribution in [0.5, 0.6) is 0 Å². The summed E-state index contributed by atoms with van der Waals surface area (Å²) in [5.74, 6) is -0.374. The lowest BCUT2D eigenvalue weighted by Gasteiger charge is -2.42. The van der Waals surface area contributed by atoms with E-state index in [9.17, 15) is 40.5 Å². The smallest absolute Gasteiger partial charge is 0.306 e. The summed E-state index contributed by atoms with van der Waals surface area (Å²) in [5.41, 5.74) is 0.